The topological polar surface area (TPSA) is 96.5 Å². The van der Waals surface area contributed by atoms with E-state index in [-0.39, 0.29) is 6.42 Å². The van der Waals surface area contributed by atoms with Gasteiger partial charge < -0.3 is 5.11 Å². The summed E-state index contributed by atoms with van der Waals surface area (Å²) in [5.41, 5.74) is 7.71. The van der Waals surface area contributed by atoms with E-state index < -0.39 is 12.1 Å². The second-order valence-electron chi connectivity index (χ2n) is 8.01. The highest BCUT2D eigenvalue weighted by Gasteiger charge is 2.24. The summed E-state index contributed by atoms with van der Waals surface area (Å²) in [6.45, 7) is 1.74. The van der Waals surface area contributed by atoms with E-state index in [0.29, 0.717) is 21.4 Å². The molecule has 0 aliphatic rings. The van der Waals surface area contributed by atoms with Gasteiger partial charge in [-0.3, -0.25) is 4.79 Å². The molecule has 0 fully saturated rings. The monoisotopic (exact) mass is 491 g/mol. The van der Waals surface area contributed by atoms with Crippen molar-refractivity contribution in [2.24, 2.45) is 7.05 Å². The predicted octanol–water partition coefficient (Wildman–Crippen LogP) is 5.83. The number of nitrogens with one attached hydrogen (secondary N) is 1. The number of nitrogens with zero attached hydrogens (tertiary/aromatic N) is 3. The van der Waals surface area contributed by atoms with E-state index in [1.165, 1.54) is 0 Å². The molecule has 4 rings (SSSR count). The standard InChI is InChI=1S/C26H23ClN4O4/c1-17(22-5-3-4-6-24(22)27)35-31(34)29-26-23(16-28-30(26)2)21-13-11-20(12-14-21)19-9-7-18(8-10-19)15-25(32)33/h3-14,16-17H,15H2,1-2H3,(H-,28,29,32,33,34)/p+1. The van der Waals surface area contributed by atoms with Crippen molar-refractivity contribution in [1.29, 1.82) is 0 Å². The Bertz CT molecular complexity index is 1350. The Morgan fingerprint density at radius 3 is 2.29 bits per heavy atom. The maximum Gasteiger partial charge on any atom is 0.364 e. The maximum atomic E-state index is 12.5. The Kier molecular flexibility index (Phi) is 7.12. The van der Waals surface area contributed by atoms with E-state index in [1.807, 2.05) is 60.7 Å². The molecule has 1 atom stereocenters. The summed E-state index contributed by atoms with van der Waals surface area (Å²) in [7, 11) is 1.73. The summed E-state index contributed by atoms with van der Waals surface area (Å²) in [5, 5.41) is 14.0. The molecular formula is C26H24ClN4O4+. The van der Waals surface area contributed by atoms with Crippen LogP contribution in [0.2, 0.25) is 5.02 Å². The van der Waals surface area contributed by atoms with Gasteiger partial charge in [-0.05, 0) is 35.2 Å². The summed E-state index contributed by atoms with van der Waals surface area (Å²) in [6.07, 6.45) is 1.10. The minimum atomic E-state index is -0.858. The molecule has 1 aromatic heterocycles. The number of benzene rings is 3. The first-order valence-electron chi connectivity index (χ1n) is 10.9. The molecule has 0 saturated carbocycles. The van der Waals surface area contributed by atoms with Crippen molar-refractivity contribution in [3.8, 4) is 22.3 Å². The molecule has 0 aliphatic heterocycles. The maximum absolute atomic E-state index is 12.5. The number of carboxylic acid groups (broad SMARTS) is 1. The number of hydrogen-bond donors (Lipinski definition) is 2. The van der Waals surface area contributed by atoms with Crippen LogP contribution in [0.3, 0.4) is 0 Å². The van der Waals surface area contributed by atoms with Crippen LogP contribution >= 0.6 is 11.6 Å². The molecule has 0 aliphatic carbocycles. The molecule has 3 aromatic carbocycles. The van der Waals surface area contributed by atoms with E-state index >= 15 is 0 Å². The van der Waals surface area contributed by atoms with Crippen molar-refractivity contribution in [2.75, 3.05) is 5.43 Å². The van der Waals surface area contributed by atoms with E-state index in [0.717, 1.165) is 27.8 Å². The minimum Gasteiger partial charge on any atom is -0.481 e. The molecule has 0 saturated heterocycles. The smallest absolute Gasteiger partial charge is 0.364 e. The third-order valence-corrected chi connectivity index (χ3v) is 5.92. The first-order valence-corrected chi connectivity index (χ1v) is 11.3. The van der Waals surface area contributed by atoms with Crippen molar-refractivity contribution in [3.05, 3.63) is 100 Å². The van der Waals surface area contributed by atoms with Crippen LogP contribution in [-0.4, -0.2) is 25.9 Å². The lowest BCUT2D eigenvalue weighted by Crippen LogP contribution is -2.21. The van der Waals surface area contributed by atoms with Gasteiger partial charge in [-0.25, -0.2) is 4.68 Å². The lowest BCUT2D eigenvalue weighted by molar-refractivity contribution is -0.795. The van der Waals surface area contributed by atoms with Gasteiger partial charge in [0.05, 0.1) is 12.6 Å². The fraction of sp³-hybridized carbons (Fsp3) is 0.154. The fourth-order valence-corrected chi connectivity index (χ4v) is 4.02. The van der Waals surface area contributed by atoms with E-state index in [9.17, 15) is 9.70 Å². The highest BCUT2D eigenvalue weighted by Crippen LogP contribution is 2.31. The average Bonchev–Trinajstić information content (AvgIpc) is 3.19. The molecule has 0 amide bonds. The van der Waals surface area contributed by atoms with E-state index in [2.05, 4.69) is 10.5 Å². The van der Waals surface area contributed by atoms with Crippen LogP contribution in [0, 0.1) is 4.91 Å². The van der Waals surface area contributed by atoms with E-state index in [1.54, 1.807) is 37.0 Å². The highest BCUT2D eigenvalue weighted by atomic mass is 35.5. The van der Waals surface area contributed by atoms with Gasteiger partial charge in [0.2, 0.25) is 11.9 Å². The SMILES string of the molecule is CC(O[N+](=O)Nc1c(-c2ccc(-c3ccc(CC(=O)O)cc3)cc2)cnn1C)c1ccccc1Cl. The van der Waals surface area contributed by atoms with Crippen LogP contribution in [0.5, 0.6) is 0 Å². The van der Waals surface area contributed by atoms with Gasteiger partial charge in [0.25, 0.3) is 0 Å². The summed E-state index contributed by atoms with van der Waals surface area (Å²) in [6, 6.07) is 22.4. The van der Waals surface area contributed by atoms with Gasteiger partial charge >= 0.3 is 11.0 Å². The van der Waals surface area contributed by atoms with Gasteiger partial charge in [-0.1, -0.05) is 83.8 Å². The normalized spacial score (nSPS) is 11.6. The van der Waals surface area contributed by atoms with Gasteiger partial charge in [0.15, 0.2) is 0 Å². The second kappa shape index (κ2) is 10.4. The zero-order valence-electron chi connectivity index (χ0n) is 19.2. The quantitative estimate of drug-likeness (QED) is 0.286. The minimum absolute atomic E-state index is 0.00634. The third kappa shape index (κ3) is 5.67. The molecule has 0 bridgehead atoms. The second-order valence-corrected chi connectivity index (χ2v) is 8.42. The van der Waals surface area contributed by atoms with Gasteiger partial charge in [0, 0.05) is 23.2 Å². The van der Waals surface area contributed by atoms with Crippen molar-refractivity contribution < 1.29 is 19.8 Å². The van der Waals surface area contributed by atoms with Crippen LogP contribution < -0.4 is 5.43 Å². The van der Waals surface area contributed by atoms with Crippen LogP contribution in [-0.2, 0) is 23.1 Å². The molecule has 1 heterocycles. The molecule has 8 nitrogen and oxygen atoms in total. The van der Waals surface area contributed by atoms with Crippen molar-refractivity contribution in [3.63, 3.8) is 0 Å². The summed E-state index contributed by atoms with van der Waals surface area (Å²) in [5.74, 6) is -0.388. The lowest BCUT2D eigenvalue weighted by atomic mass is 10.00. The molecule has 178 valence electrons. The number of aryl methyl sites for hydroxylation is 1. The number of carboxylic acids is 1. The van der Waals surface area contributed by atoms with Gasteiger partial charge in [0.1, 0.15) is 4.91 Å². The number of hydrazine groups is 1. The van der Waals surface area contributed by atoms with Crippen LogP contribution in [0.4, 0.5) is 5.82 Å². The molecule has 35 heavy (non-hydrogen) atoms. The number of anilines is 1. The zero-order valence-corrected chi connectivity index (χ0v) is 19.9. The van der Waals surface area contributed by atoms with Crippen molar-refractivity contribution in [1.82, 2.24) is 9.78 Å². The first kappa shape index (κ1) is 24.0. The molecule has 0 spiro atoms. The number of aliphatic carboxylic acids is 1. The fourth-order valence-electron chi connectivity index (χ4n) is 3.73. The number of halogens is 1. The predicted molar refractivity (Wildman–Crippen MR) is 134 cm³/mol. The van der Waals surface area contributed by atoms with Crippen molar-refractivity contribution in [2.45, 2.75) is 19.4 Å². The molecule has 2 N–H and O–H groups in total. The number of rotatable bonds is 9. The third-order valence-electron chi connectivity index (χ3n) is 5.57. The molecule has 1 unspecified atom stereocenters. The lowest BCUT2D eigenvalue weighted by Gasteiger charge is -2.09. The average molecular weight is 492 g/mol. The largest absolute Gasteiger partial charge is 0.481 e. The number of carbonyl (C=O) groups is 1. The molecule has 9 heteroatoms. The van der Waals surface area contributed by atoms with Crippen LogP contribution in [0.1, 0.15) is 24.2 Å². The van der Waals surface area contributed by atoms with Crippen LogP contribution in [0.15, 0.2) is 79.0 Å². The molecule has 0 radical (unpaired) electrons. The Morgan fingerprint density at radius 1 is 1.06 bits per heavy atom. The van der Waals surface area contributed by atoms with Gasteiger partial charge in [-0.15, -0.1) is 0 Å². The highest BCUT2D eigenvalue weighted by molar-refractivity contribution is 6.31. The van der Waals surface area contributed by atoms with E-state index in [4.69, 9.17) is 21.5 Å². The first-order chi connectivity index (χ1) is 16.8. The van der Waals surface area contributed by atoms with Crippen molar-refractivity contribution >= 4 is 23.4 Å². The Hall–Kier alpha value is -4.17. The Morgan fingerprint density at radius 2 is 1.66 bits per heavy atom. The molecular weight excluding hydrogens is 468 g/mol. The Balaban J connectivity index is 1.48. The van der Waals surface area contributed by atoms with Crippen LogP contribution in [0.25, 0.3) is 22.3 Å². The molecule has 4 aromatic rings. The van der Waals surface area contributed by atoms with Gasteiger partial charge in [-0.2, -0.15) is 9.94 Å². The zero-order chi connectivity index (χ0) is 24.9. The summed E-state index contributed by atoms with van der Waals surface area (Å²) < 4.78 is 1.55. The number of aromatic nitrogens is 2. The Labute approximate surface area is 207 Å². The summed E-state index contributed by atoms with van der Waals surface area (Å²) in [4.78, 5) is 28.9. The summed E-state index contributed by atoms with van der Waals surface area (Å²) >= 11 is 6.20. The number of hydrogen-bond acceptors (Lipinski definition) is 4.